The van der Waals surface area contributed by atoms with Gasteiger partial charge < -0.3 is 14.5 Å². The summed E-state index contributed by atoms with van der Waals surface area (Å²) in [6, 6.07) is 15.9. The van der Waals surface area contributed by atoms with Gasteiger partial charge in [-0.3, -0.25) is 4.79 Å². The first kappa shape index (κ1) is 22.5. The number of aromatic nitrogens is 2. The molecule has 2 aliphatic heterocycles. The van der Waals surface area contributed by atoms with E-state index in [9.17, 15) is 4.79 Å². The number of fused-ring (bicyclic) bond motifs is 1. The molecule has 0 aliphatic carbocycles. The molecule has 176 valence electrons. The minimum atomic E-state index is -0.309. The van der Waals surface area contributed by atoms with Gasteiger partial charge in [0.05, 0.1) is 18.9 Å². The van der Waals surface area contributed by atoms with Crippen LogP contribution < -0.4 is 9.80 Å². The molecule has 1 saturated heterocycles. The van der Waals surface area contributed by atoms with E-state index in [0.29, 0.717) is 24.7 Å². The van der Waals surface area contributed by atoms with Crippen molar-refractivity contribution in [1.29, 1.82) is 0 Å². The van der Waals surface area contributed by atoms with Crippen molar-refractivity contribution >= 4 is 17.5 Å². The van der Waals surface area contributed by atoms with Gasteiger partial charge in [-0.2, -0.15) is 0 Å². The van der Waals surface area contributed by atoms with Crippen LogP contribution >= 0.6 is 0 Å². The lowest BCUT2D eigenvalue weighted by molar-refractivity contribution is 0.0954. The Bertz CT molecular complexity index is 1200. The molecule has 2 aliphatic rings. The second kappa shape index (κ2) is 8.84. The van der Waals surface area contributed by atoms with Crippen LogP contribution in [0.5, 0.6) is 0 Å². The molecule has 34 heavy (non-hydrogen) atoms. The lowest BCUT2D eigenvalue weighted by Gasteiger charge is -2.46. The molecule has 3 aromatic rings. The summed E-state index contributed by atoms with van der Waals surface area (Å²) in [6.07, 6.45) is 2.73. The number of aryl methyl sites for hydroxylation is 1. The molecule has 1 atom stereocenters. The van der Waals surface area contributed by atoms with E-state index in [2.05, 4.69) is 49.7 Å². The fourth-order valence-electron chi connectivity index (χ4n) is 5.37. The van der Waals surface area contributed by atoms with Crippen LogP contribution in [0.25, 0.3) is 11.3 Å². The highest BCUT2D eigenvalue weighted by Gasteiger charge is 2.40. The summed E-state index contributed by atoms with van der Waals surface area (Å²) in [5.41, 5.74) is 5.65. The summed E-state index contributed by atoms with van der Waals surface area (Å²) >= 11 is 0. The molecule has 6 heteroatoms. The van der Waals surface area contributed by atoms with Gasteiger partial charge in [0, 0.05) is 41.6 Å². The number of hydrogen-bond acceptors (Lipinski definition) is 5. The number of nitrogens with zero attached hydrogens (tertiary/aromatic N) is 4. The highest BCUT2D eigenvalue weighted by atomic mass is 16.5. The highest BCUT2D eigenvalue weighted by molar-refractivity contribution is 6.08. The number of benzene rings is 2. The predicted molar refractivity (Wildman–Crippen MR) is 136 cm³/mol. The van der Waals surface area contributed by atoms with E-state index in [1.54, 1.807) is 0 Å². The lowest BCUT2D eigenvalue weighted by Crippen LogP contribution is -2.51. The summed E-state index contributed by atoms with van der Waals surface area (Å²) in [4.78, 5) is 27.3. The summed E-state index contributed by atoms with van der Waals surface area (Å²) in [6.45, 7) is 11.7. The number of anilines is 2. The van der Waals surface area contributed by atoms with E-state index in [4.69, 9.17) is 9.72 Å². The maximum absolute atomic E-state index is 13.8. The SMILES string of the molecule is Cc1cc2c(cc1-c1ccnc(N3CCOCC3)n1)N(C(=O)c1ccccc1)C(C)(C)CC2C. The molecule has 1 amide bonds. The molecule has 1 fully saturated rings. The zero-order chi connectivity index (χ0) is 23.9. The van der Waals surface area contributed by atoms with Crippen molar-refractivity contribution < 1.29 is 9.53 Å². The molecule has 0 spiro atoms. The Hall–Kier alpha value is -3.25. The van der Waals surface area contributed by atoms with Crippen LogP contribution in [0.3, 0.4) is 0 Å². The standard InChI is InChI=1S/C28H32N4O2/c1-19-16-23-20(2)18-28(3,4)32(26(33)21-8-6-5-7-9-21)25(23)17-22(19)24-10-11-29-27(30-24)31-12-14-34-15-13-31/h5-11,16-17,20H,12-15,18H2,1-4H3. The fraction of sp³-hybridized carbons (Fsp3) is 0.393. The molecule has 0 saturated carbocycles. The Morgan fingerprint density at radius 2 is 1.82 bits per heavy atom. The van der Waals surface area contributed by atoms with Gasteiger partial charge in [0.25, 0.3) is 5.91 Å². The number of rotatable bonds is 3. The Balaban J connectivity index is 1.61. The number of amides is 1. The van der Waals surface area contributed by atoms with Crippen LogP contribution in [0.4, 0.5) is 11.6 Å². The topological polar surface area (TPSA) is 58.6 Å². The van der Waals surface area contributed by atoms with Crippen molar-refractivity contribution in [3.63, 3.8) is 0 Å². The maximum atomic E-state index is 13.8. The van der Waals surface area contributed by atoms with Crippen LogP contribution in [-0.2, 0) is 4.74 Å². The molecular weight excluding hydrogens is 424 g/mol. The van der Waals surface area contributed by atoms with Crippen molar-refractivity contribution in [3.8, 4) is 11.3 Å². The van der Waals surface area contributed by atoms with Gasteiger partial charge in [-0.1, -0.05) is 31.2 Å². The van der Waals surface area contributed by atoms with E-state index >= 15 is 0 Å². The second-order valence-corrected chi connectivity index (χ2v) is 9.99. The van der Waals surface area contributed by atoms with Crippen LogP contribution in [-0.4, -0.2) is 47.7 Å². The Kier molecular flexibility index (Phi) is 5.86. The van der Waals surface area contributed by atoms with Crippen molar-refractivity contribution in [1.82, 2.24) is 9.97 Å². The average Bonchev–Trinajstić information content (AvgIpc) is 2.85. The highest BCUT2D eigenvalue weighted by Crippen LogP contribution is 2.46. The van der Waals surface area contributed by atoms with Gasteiger partial charge >= 0.3 is 0 Å². The van der Waals surface area contributed by atoms with Gasteiger partial charge in [0.1, 0.15) is 0 Å². The molecule has 5 rings (SSSR count). The van der Waals surface area contributed by atoms with Crippen molar-refractivity contribution in [2.75, 3.05) is 36.1 Å². The fourth-order valence-corrected chi connectivity index (χ4v) is 5.37. The minimum absolute atomic E-state index is 0.0326. The zero-order valence-corrected chi connectivity index (χ0v) is 20.4. The van der Waals surface area contributed by atoms with E-state index in [1.165, 1.54) is 5.56 Å². The summed E-state index contributed by atoms with van der Waals surface area (Å²) in [5, 5.41) is 0. The first-order valence-electron chi connectivity index (χ1n) is 12.1. The van der Waals surface area contributed by atoms with E-state index in [1.807, 2.05) is 47.5 Å². The molecule has 1 aromatic heterocycles. The van der Waals surface area contributed by atoms with Crippen LogP contribution in [0.2, 0.25) is 0 Å². The average molecular weight is 457 g/mol. The van der Waals surface area contributed by atoms with E-state index < -0.39 is 0 Å². The van der Waals surface area contributed by atoms with Crippen molar-refractivity contribution in [2.24, 2.45) is 0 Å². The number of ether oxygens (including phenoxy) is 1. The second-order valence-electron chi connectivity index (χ2n) is 9.99. The largest absolute Gasteiger partial charge is 0.378 e. The maximum Gasteiger partial charge on any atom is 0.258 e. The third-order valence-electron chi connectivity index (χ3n) is 6.99. The molecule has 2 aromatic carbocycles. The molecule has 3 heterocycles. The molecule has 0 radical (unpaired) electrons. The molecule has 1 unspecified atom stereocenters. The van der Waals surface area contributed by atoms with Crippen LogP contribution in [0, 0.1) is 6.92 Å². The van der Waals surface area contributed by atoms with Crippen LogP contribution in [0.15, 0.2) is 54.7 Å². The number of carbonyl (C=O) groups excluding carboxylic acids is 1. The summed E-state index contributed by atoms with van der Waals surface area (Å²) in [7, 11) is 0. The van der Waals surface area contributed by atoms with E-state index in [0.717, 1.165) is 48.0 Å². The normalized spacial score (nSPS) is 19.6. The van der Waals surface area contributed by atoms with Gasteiger partial charge in [0.2, 0.25) is 5.95 Å². The van der Waals surface area contributed by atoms with Crippen molar-refractivity contribution in [3.05, 3.63) is 71.4 Å². The number of hydrogen-bond donors (Lipinski definition) is 0. The first-order valence-corrected chi connectivity index (χ1v) is 12.1. The Morgan fingerprint density at radius 3 is 2.56 bits per heavy atom. The minimum Gasteiger partial charge on any atom is -0.378 e. The smallest absolute Gasteiger partial charge is 0.258 e. The van der Waals surface area contributed by atoms with Gasteiger partial charge in [-0.05, 0) is 68.5 Å². The summed E-state index contributed by atoms with van der Waals surface area (Å²) in [5.74, 6) is 1.11. The van der Waals surface area contributed by atoms with Gasteiger partial charge in [0.15, 0.2) is 0 Å². The predicted octanol–water partition coefficient (Wildman–Crippen LogP) is 5.22. The monoisotopic (exact) mass is 456 g/mol. The van der Waals surface area contributed by atoms with Crippen molar-refractivity contribution in [2.45, 2.75) is 45.6 Å². The number of carbonyl (C=O) groups is 1. The Labute approximate surface area is 201 Å². The molecule has 6 nitrogen and oxygen atoms in total. The third-order valence-corrected chi connectivity index (χ3v) is 6.99. The molecular formula is C28H32N4O2. The van der Waals surface area contributed by atoms with Crippen LogP contribution in [0.1, 0.15) is 54.6 Å². The molecule has 0 N–H and O–H groups in total. The van der Waals surface area contributed by atoms with E-state index in [-0.39, 0.29) is 11.4 Å². The summed E-state index contributed by atoms with van der Waals surface area (Å²) < 4.78 is 5.48. The van der Waals surface area contributed by atoms with Gasteiger partial charge in [-0.25, -0.2) is 9.97 Å². The lowest BCUT2D eigenvalue weighted by atomic mass is 9.78. The van der Waals surface area contributed by atoms with Gasteiger partial charge in [-0.15, -0.1) is 0 Å². The third kappa shape index (κ3) is 4.07. The first-order chi connectivity index (χ1) is 16.3. The molecule has 0 bridgehead atoms. The Morgan fingerprint density at radius 1 is 1.09 bits per heavy atom. The quantitative estimate of drug-likeness (QED) is 0.541. The number of morpholine rings is 1. The zero-order valence-electron chi connectivity index (χ0n) is 20.4.